The van der Waals surface area contributed by atoms with E-state index >= 15 is 0 Å². The van der Waals surface area contributed by atoms with Crippen LogP contribution in [0.4, 0.5) is 28.8 Å². The summed E-state index contributed by atoms with van der Waals surface area (Å²) < 4.78 is 0. The lowest BCUT2D eigenvalue weighted by Crippen LogP contribution is -2.33. The minimum Gasteiger partial charge on any atom is -0.383 e. The van der Waals surface area contributed by atoms with Crippen LogP contribution in [0.1, 0.15) is 38.5 Å². The highest BCUT2D eigenvalue weighted by Gasteiger charge is 2.17. The molecule has 180 valence electrons. The maximum Gasteiger partial charge on any atom is 0.288 e. The van der Waals surface area contributed by atoms with Crippen LogP contribution in [-0.4, -0.2) is 53.6 Å². The molecule has 5 N–H and O–H groups in total. The third kappa shape index (κ3) is 7.10. The van der Waals surface area contributed by atoms with Gasteiger partial charge in [0.2, 0.25) is 5.91 Å². The van der Waals surface area contributed by atoms with Crippen LogP contribution >= 0.6 is 0 Å². The predicted octanol–water partition coefficient (Wildman–Crippen LogP) is 3.30. The molecule has 0 aliphatic carbocycles. The van der Waals surface area contributed by atoms with Crippen molar-refractivity contribution in [3.05, 3.63) is 36.1 Å². The van der Waals surface area contributed by atoms with Gasteiger partial charge in [0.1, 0.15) is 5.82 Å². The first-order valence-electron chi connectivity index (χ1n) is 12.1. The smallest absolute Gasteiger partial charge is 0.288 e. The summed E-state index contributed by atoms with van der Waals surface area (Å²) in [5.74, 6) is 2.49. The van der Waals surface area contributed by atoms with Gasteiger partial charge in [0.25, 0.3) is 5.82 Å². The van der Waals surface area contributed by atoms with Crippen molar-refractivity contribution in [1.82, 2.24) is 25.6 Å². The number of anilines is 4. The third-order valence-electron chi connectivity index (χ3n) is 6.41. The highest BCUT2D eigenvalue weighted by Crippen LogP contribution is 2.27. The van der Waals surface area contributed by atoms with Gasteiger partial charge in [-0.2, -0.15) is 0 Å². The monoisotopic (exact) mass is 463 g/mol. The number of pyridine rings is 1. The SMILES string of the molecule is [C-]#[N+]c1cnc(Nc2cc(NCC3CCCNC3)c(NC(=O)CCC3CCNCC3)cn2)cn1. The average Bonchev–Trinajstić information content (AvgIpc) is 2.89. The average molecular weight is 464 g/mol. The summed E-state index contributed by atoms with van der Waals surface area (Å²) in [5, 5.41) is 16.5. The van der Waals surface area contributed by atoms with Crippen molar-refractivity contribution in [2.45, 2.75) is 38.5 Å². The Kier molecular flexibility index (Phi) is 8.60. The first kappa shape index (κ1) is 23.9. The Morgan fingerprint density at radius 3 is 2.59 bits per heavy atom. The summed E-state index contributed by atoms with van der Waals surface area (Å²) >= 11 is 0. The van der Waals surface area contributed by atoms with E-state index in [4.69, 9.17) is 6.57 Å². The van der Waals surface area contributed by atoms with Gasteiger partial charge in [-0.15, -0.1) is 4.98 Å². The van der Waals surface area contributed by atoms with Crippen LogP contribution in [0.5, 0.6) is 0 Å². The standard InChI is InChI=1S/C24H33N9O/c1-25-22-15-31-23(16-30-22)33-21-11-19(28-13-18-3-2-8-27-12-18)20(14-29-21)32-24(34)5-4-17-6-9-26-10-7-17/h11,14-18,26-27H,2-10,12-13H2,(H,32,34)(H2,28,29,31,33). The Bertz CT molecular complexity index is 977. The molecule has 0 spiro atoms. The van der Waals surface area contributed by atoms with E-state index in [0.717, 1.165) is 57.7 Å². The van der Waals surface area contributed by atoms with E-state index in [0.29, 0.717) is 35.6 Å². The Morgan fingerprint density at radius 2 is 1.85 bits per heavy atom. The molecular weight excluding hydrogens is 430 g/mol. The van der Waals surface area contributed by atoms with Crippen LogP contribution in [0, 0.1) is 18.4 Å². The molecule has 2 aliphatic heterocycles. The normalized spacial score (nSPS) is 18.6. The largest absolute Gasteiger partial charge is 0.383 e. The third-order valence-corrected chi connectivity index (χ3v) is 6.41. The van der Waals surface area contributed by atoms with Crippen molar-refractivity contribution < 1.29 is 4.79 Å². The van der Waals surface area contributed by atoms with E-state index in [9.17, 15) is 4.79 Å². The number of hydrogen-bond acceptors (Lipinski definition) is 8. The number of carbonyl (C=O) groups is 1. The summed E-state index contributed by atoms with van der Waals surface area (Å²) in [6.45, 7) is 12.0. The molecule has 1 amide bonds. The van der Waals surface area contributed by atoms with Crippen LogP contribution in [-0.2, 0) is 4.79 Å². The fourth-order valence-electron chi connectivity index (χ4n) is 4.42. The summed E-state index contributed by atoms with van der Waals surface area (Å²) in [4.78, 5) is 28.7. The highest BCUT2D eigenvalue weighted by atomic mass is 16.1. The molecule has 2 saturated heterocycles. The van der Waals surface area contributed by atoms with Gasteiger partial charge in [0.15, 0.2) is 12.0 Å². The van der Waals surface area contributed by atoms with E-state index in [1.54, 1.807) is 6.20 Å². The number of nitrogens with one attached hydrogen (secondary N) is 5. The molecule has 0 saturated carbocycles. The van der Waals surface area contributed by atoms with Crippen LogP contribution in [0.2, 0.25) is 0 Å². The first-order chi connectivity index (χ1) is 16.7. The molecule has 1 atom stereocenters. The summed E-state index contributed by atoms with van der Waals surface area (Å²) in [6, 6.07) is 1.88. The van der Waals surface area contributed by atoms with Crippen molar-refractivity contribution in [2.24, 2.45) is 11.8 Å². The van der Waals surface area contributed by atoms with Crippen molar-refractivity contribution in [2.75, 3.05) is 48.7 Å². The fourth-order valence-corrected chi connectivity index (χ4v) is 4.42. The second kappa shape index (κ2) is 12.3. The summed E-state index contributed by atoms with van der Waals surface area (Å²) in [6.07, 6.45) is 10.7. The van der Waals surface area contributed by atoms with E-state index in [-0.39, 0.29) is 11.7 Å². The Balaban J connectivity index is 1.42. The van der Waals surface area contributed by atoms with E-state index in [1.165, 1.54) is 25.2 Å². The quantitative estimate of drug-likeness (QED) is 0.359. The van der Waals surface area contributed by atoms with Crippen molar-refractivity contribution >= 4 is 34.7 Å². The van der Waals surface area contributed by atoms with E-state index in [1.807, 2.05) is 6.07 Å². The second-order valence-electron chi connectivity index (χ2n) is 8.99. The van der Waals surface area contributed by atoms with Gasteiger partial charge in [-0.05, 0) is 70.1 Å². The number of nitrogens with zero attached hydrogens (tertiary/aromatic N) is 4. The number of aromatic nitrogens is 3. The summed E-state index contributed by atoms with van der Waals surface area (Å²) in [7, 11) is 0. The molecule has 4 rings (SSSR count). The molecule has 10 nitrogen and oxygen atoms in total. The molecule has 0 bridgehead atoms. The van der Waals surface area contributed by atoms with Crippen LogP contribution in [0.25, 0.3) is 4.85 Å². The molecule has 0 radical (unpaired) electrons. The topological polar surface area (TPSA) is 120 Å². The van der Waals surface area contributed by atoms with E-state index in [2.05, 4.69) is 46.4 Å². The number of rotatable bonds is 9. The maximum absolute atomic E-state index is 12.7. The lowest BCUT2D eigenvalue weighted by Gasteiger charge is -2.24. The van der Waals surface area contributed by atoms with Crippen LogP contribution in [0.3, 0.4) is 0 Å². The zero-order valence-corrected chi connectivity index (χ0v) is 19.4. The van der Waals surface area contributed by atoms with Gasteiger partial charge in [-0.3, -0.25) is 4.79 Å². The Labute approximate surface area is 200 Å². The van der Waals surface area contributed by atoms with Crippen LogP contribution < -0.4 is 26.6 Å². The molecular formula is C24H33N9O. The lowest BCUT2D eigenvalue weighted by molar-refractivity contribution is -0.116. The molecule has 0 aromatic carbocycles. The fraction of sp³-hybridized carbons (Fsp3) is 0.542. The molecule has 10 heteroatoms. The van der Waals surface area contributed by atoms with Gasteiger partial charge in [-0.25, -0.2) is 9.97 Å². The molecule has 2 aliphatic rings. The van der Waals surface area contributed by atoms with Gasteiger partial charge in [0, 0.05) is 19.0 Å². The van der Waals surface area contributed by atoms with Gasteiger partial charge in [-0.1, -0.05) is 6.57 Å². The lowest BCUT2D eigenvalue weighted by atomic mass is 9.93. The minimum atomic E-state index is 0.0176. The number of amides is 1. The zero-order valence-electron chi connectivity index (χ0n) is 19.4. The minimum absolute atomic E-state index is 0.0176. The Morgan fingerprint density at radius 1 is 1.00 bits per heavy atom. The predicted molar refractivity (Wildman–Crippen MR) is 133 cm³/mol. The molecule has 2 aromatic rings. The van der Waals surface area contributed by atoms with Crippen molar-refractivity contribution in [3.8, 4) is 0 Å². The molecule has 34 heavy (non-hydrogen) atoms. The zero-order chi connectivity index (χ0) is 23.6. The maximum atomic E-state index is 12.7. The van der Waals surface area contributed by atoms with Crippen molar-refractivity contribution in [3.63, 3.8) is 0 Å². The molecule has 1 unspecified atom stereocenters. The number of hydrogen-bond donors (Lipinski definition) is 5. The first-order valence-corrected chi connectivity index (χ1v) is 12.1. The summed E-state index contributed by atoms with van der Waals surface area (Å²) in [5.41, 5.74) is 1.50. The highest BCUT2D eigenvalue weighted by molar-refractivity contribution is 5.94. The van der Waals surface area contributed by atoms with E-state index < -0.39 is 0 Å². The van der Waals surface area contributed by atoms with Crippen molar-refractivity contribution in [1.29, 1.82) is 0 Å². The molecule has 2 fully saturated rings. The van der Waals surface area contributed by atoms with Gasteiger partial charge in [0.05, 0.1) is 23.8 Å². The Hall–Kier alpha value is -3.29. The second-order valence-corrected chi connectivity index (χ2v) is 8.99. The van der Waals surface area contributed by atoms with Crippen LogP contribution in [0.15, 0.2) is 24.7 Å². The van der Waals surface area contributed by atoms with Gasteiger partial charge < -0.3 is 31.4 Å². The van der Waals surface area contributed by atoms with Gasteiger partial charge >= 0.3 is 0 Å². The number of carbonyl (C=O) groups excluding carboxylic acids is 1. The molecule has 4 heterocycles. The number of piperidine rings is 2. The molecule has 2 aromatic heterocycles.